The first-order chi connectivity index (χ1) is 15.1. The van der Waals surface area contributed by atoms with Crippen LogP contribution in [0.25, 0.3) is 22.3 Å². The average molecular weight is 417 g/mol. The van der Waals surface area contributed by atoms with Gasteiger partial charge in [-0.2, -0.15) is 5.10 Å². The van der Waals surface area contributed by atoms with E-state index in [-0.39, 0.29) is 0 Å². The summed E-state index contributed by atoms with van der Waals surface area (Å²) in [5.41, 5.74) is 5.59. The number of carbonyl (C=O) groups excluding carboxylic acids is 2. The third-order valence-corrected chi connectivity index (χ3v) is 4.58. The van der Waals surface area contributed by atoms with Crippen molar-refractivity contribution in [3.8, 4) is 11.3 Å². The van der Waals surface area contributed by atoms with Gasteiger partial charge in [0.15, 0.2) is 5.65 Å². The van der Waals surface area contributed by atoms with Crippen molar-refractivity contribution in [1.29, 1.82) is 0 Å². The molecule has 0 aliphatic heterocycles. The Kier molecular flexibility index (Phi) is 5.52. The lowest BCUT2D eigenvalue weighted by Gasteiger charge is -2.17. The molecular weight excluding hydrogens is 398 g/mol. The second-order valence-corrected chi connectivity index (χ2v) is 6.67. The van der Waals surface area contributed by atoms with Crippen LogP contribution in [0.3, 0.4) is 0 Å². The number of pyridine rings is 3. The molecule has 0 fully saturated rings. The van der Waals surface area contributed by atoms with E-state index in [4.69, 9.17) is 4.98 Å². The average Bonchev–Trinajstić information content (AvgIpc) is 3.21. The number of rotatable bonds is 4. The lowest BCUT2D eigenvalue weighted by Crippen LogP contribution is -2.43. The molecule has 0 saturated carbocycles. The number of ether oxygens (including phenoxy) is 1. The zero-order valence-corrected chi connectivity index (χ0v) is 16.9. The minimum atomic E-state index is -0.696. The molecular formula is C21H19N7O3. The number of fused-ring (bicyclic) bond motifs is 1. The summed E-state index contributed by atoms with van der Waals surface area (Å²) in [5, 5.41) is 5.94. The lowest BCUT2D eigenvalue weighted by atomic mass is 10.1. The van der Waals surface area contributed by atoms with Crippen LogP contribution in [0.1, 0.15) is 15.9 Å². The normalized spacial score (nSPS) is 10.6. The molecule has 4 aromatic rings. The maximum Gasteiger partial charge on any atom is 0.428 e. The smallest absolute Gasteiger partial charge is 0.428 e. The van der Waals surface area contributed by atoms with Crippen molar-refractivity contribution in [2.45, 2.75) is 6.54 Å². The molecule has 0 saturated heterocycles. The van der Waals surface area contributed by atoms with Crippen LogP contribution in [0.2, 0.25) is 0 Å². The molecule has 1 N–H and O–H groups in total. The van der Waals surface area contributed by atoms with Gasteiger partial charge in [0.1, 0.15) is 0 Å². The molecule has 156 valence electrons. The molecule has 0 aromatic carbocycles. The molecule has 0 unspecified atom stereocenters. The Morgan fingerprint density at radius 2 is 1.90 bits per heavy atom. The first kappa shape index (κ1) is 20.0. The van der Waals surface area contributed by atoms with Gasteiger partial charge in [-0.15, -0.1) is 0 Å². The summed E-state index contributed by atoms with van der Waals surface area (Å²) in [6, 6.07) is 9.07. The highest BCUT2D eigenvalue weighted by atomic mass is 16.5. The van der Waals surface area contributed by atoms with Crippen LogP contribution in [0.15, 0.2) is 61.3 Å². The molecule has 0 atom stereocenters. The highest BCUT2D eigenvalue weighted by molar-refractivity contribution is 6.06. The molecule has 0 spiro atoms. The van der Waals surface area contributed by atoms with Crippen LogP contribution >= 0.6 is 0 Å². The summed E-state index contributed by atoms with van der Waals surface area (Å²) in [6.07, 6.45) is 7.66. The minimum absolute atomic E-state index is 0.317. The van der Waals surface area contributed by atoms with Gasteiger partial charge >= 0.3 is 6.09 Å². The van der Waals surface area contributed by atoms with Crippen molar-refractivity contribution in [1.82, 2.24) is 35.2 Å². The molecule has 10 nitrogen and oxygen atoms in total. The first-order valence-electron chi connectivity index (χ1n) is 9.35. The summed E-state index contributed by atoms with van der Waals surface area (Å²) < 4.78 is 6.33. The van der Waals surface area contributed by atoms with E-state index < -0.39 is 12.0 Å². The fourth-order valence-electron chi connectivity index (χ4n) is 3.07. The number of methoxy groups -OCH3 is 1. The zero-order chi connectivity index (χ0) is 21.8. The number of nitrogens with one attached hydrogen (secondary N) is 1. The Hall–Kier alpha value is -4.34. The van der Waals surface area contributed by atoms with Gasteiger partial charge in [-0.25, -0.2) is 19.5 Å². The maximum absolute atomic E-state index is 13.0. The van der Waals surface area contributed by atoms with Gasteiger partial charge in [0.05, 0.1) is 36.5 Å². The molecule has 4 aromatic heterocycles. The highest BCUT2D eigenvalue weighted by Gasteiger charge is 2.20. The maximum atomic E-state index is 13.0. The van der Waals surface area contributed by atoms with Crippen molar-refractivity contribution < 1.29 is 14.3 Å². The topological polar surface area (TPSA) is 115 Å². The quantitative estimate of drug-likeness (QED) is 0.507. The van der Waals surface area contributed by atoms with Gasteiger partial charge in [-0.1, -0.05) is 6.07 Å². The number of hydrogen-bond acceptors (Lipinski definition) is 7. The van der Waals surface area contributed by atoms with Gasteiger partial charge in [0, 0.05) is 37.4 Å². The van der Waals surface area contributed by atoms with E-state index >= 15 is 0 Å². The zero-order valence-electron chi connectivity index (χ0n) is 16.9. The monoisotopic (exact) mass is 417 g/mol. The Morgan fingerprint density at radius 3 is 2.58 bits per heavy atom. The van der Waals surface area contributed by atoms with Gasteiger partial charge in [0.2, 0.25) is 0 Å². The van der Waals surface area contributed by atoms with Gasteiger partial charge in [-0.3, -0.25) is 20.2 Å². The molecule has 31 heavy (non-hydrogen) atoms. The molecule has 2 amide bonds. The summed E-state index contributed by atoms with van der Waals surface area (Å²) in [4.78, 5) is 37.7. The minimum Gasteiger partial charge on any atom is -0.452 e. The van der Waals surface area contributed by atoms with Crippen molar-refractivity contribution in [3.05, 3.63) is 72.4 Å². The third kappa shape index (κ3) is 4.17. The van der Waals surface area contributed by atoms with E-state index in [0.717, 1.165) is 16.1 Å². The number of amides is 2. The number of hydrazine groups is 1. The van der Waals surface area contributed by atoms with Gasteiger partial charge < -0.3 is 4.74 Å². The molecule has 0 aliphatic carbocycles. The second-order valence-electron chi connectivity index (χ2n) is 6.67. The van der Waals surface area contributed by atoms with Crippen LogP contribution in [0.5, 0.6) is 0 Å². The fraction of sp³-hybridized carbons (Fsp3) is 0.143. The van der Waals surface area contributed by atoms with E-state index in [2.05, 4.69) is 25.2 Å². The number of carbonyl (C=O) groups is 2. The summed E-state index contributed by atoms with van der Waals surface area (Å²) in [5.74, 6) is -0.494. The number of hydrogen-bond donors (Lipinski definition) is 1. The van der Waals surface area contributed by atoms with Crippen LogP contribution in [0.4, 0.5) is 4.79 Å². The number of aromatic nitrogens is 5. The molecule has 4 rings (SSSR count). The Bertz CT molecular complexity index is 1230. The van der Waals surface area contributed by atoms with Crippen LogP contribution in [-0.4, -0.2) is 55.9 Å². The van der Waals surface area contributed by atoms with Crippen LogP contribution in [0, 0.1) is 0 Å². The van der Waals surface area contributed by atoms with Crippen molar-refractivity contribution in [3.63, 3.8) is 0 Å². The molecule has 0 radical (unpaired) electrons. The lowest BCUT2D eigenvalue weighted by molar-refractivity contribution is 0.0768. The molecule has 0 aliphatic rings. The van der Waals surface area contributed by atoms with E-state index in [0.29, 0.717) is 28.8 Å². The van der Waals surface area contributed by atoms with Crippen LogP contribution in [-0.2, 0) is 11.3 Å². The highest BCUT2D eigenvalue weighted by Crippen LogP contribution is 2.25. The summed E-state index contributed by atoms with van der Waals surface area (Å²) >= 11 is 0. The van der Waals surface area contributed by atoms with Crippen molar-refractivity contribution in [2.75, 3.05) is 14.2 Å². The fourth-order valence-corrected chi connectivity index (χ4v) is 3.07. The summed E-state index contributed by atoms with van der Waals surface area (Å²) in [7, 11) is 2.63. The standard InChI is InChI=1S/C21H19N7O3/c1-27(21(30)31-2)26-20(29)16-9-18(15-6-4-8-23-11-15)25-19-17(16)12-24-28(19)13-14-5-3-7-22-10-14/h3-12H,13H2,1-2H3,(H,26,29). The Labute approximate surface area is 177 Å². The predicted molar refractivity (Wildman–Crippen MR) is 112 cm³/mol. The third-order valence-electron chi connectivity index (χ3n) is 4.58. The van der Waals surface area contributed by atoms with Crippen molar-refractivity contribution in [2.24, 2.45) is 0 Å². The second kappa shape index (κ2) is 8.57. The molecule has 0 bridgehead atoms. The van der Waals surface area contributed by atoms with Crippen LogP contribution < -0.4 is 5.43 Å². The summed E-state index contributed by atoms with van der Waals surface area (Å²) in [6.45, 7) is 0.434. The number of nitrogens with zero attached hydrogens (tertiary/aromatic N) is 6. The van der Waals surface area contributed by atoms with E-state index in [1.54, 1.807) is 47.8 Å². The SMILES string of the molecule is COC(=O)N(C)NC(=O)c1cc(-c2cccnc2)nc2c1cnn2Cc1cccnc1. The largest absolute Gasteiger partial charge is 0.452 e. The van der Waals surface area contributed by atoms with E-state index in [9.17, 15) is 9.59 Å². The van der Waals surface area contributed by atoms with Crippen molar-refractivity contribution >= 4 is 23.0 Å². The molecule has 4 heterocycles. The Balaban J connectivity index is 1.80. The van der Waals surface area contributed by atoms with Gasteiger partial charge in [-0.05, 0) is 29.8 Å². The van der Waals surface area contributed by atoms with Gasteiger partial charge in [0.25, 0.3) is 5.91 Å². The first-order valence-corrected chi connectivity index (χ1v) is 9.35. The van der Waals surface area contributed by atoms with E-state index in [1.807, 2.05) is 18.2 Å². The van der Waals surface area contributed by atoms with E-state index in [1.165, 1.54) is 14.2 Å². The molecule has 10 heteroatoms. The Morgan fingerprint density at radius 1 is 1.13 bits per heavy atom. The predicted octanol–water partition coefficient (Wildman–Crippen LogP) is 2.28.